The molecule has 0 spiro atoms. The van der Waals surface area contributed by atoms with Crippen LogP contribution in [-0.4, -0.2) is 86.9 Å². The van der Waals surface area contributed by atoms with Crippen LogP contribution >= 0.6 is 0 Å². The van der Waals surface area contributed by atoms with Crippen LogP contribution in [0.15, 0.2) is 36.4 Å². The minimum Gasteiger partial charge on any atom is -0.464 e. The summed E-state index contributed by atoms with van der Waals surface area (Å²) in [5, 5.41) is 32.4. The molecule has 46 heavy (non-hydrogen) atoms. The number of benzene rings is 2. The van der Waals surface area contributed by atoms with Crippen LogP contribution in [0.2, 0.25) is 0 Å². The highest BCUT2D eigenvalue weighted by atomic mass is 19.3. The number of hydrogen-bond donors (Lipinski definition) is 5. The van der Waals surface area contributed by atoms with Crippen molar-refractivity contribution >= 4 is 28.3 Å². The molecule has 1 aliphatic heterocycles. The van der Waals surface area contributed by atoms with E-state index in [4.69, 9.17) is 4.74 Å². The molecule has 1 aromatic heterocycles. The number of esters is 1. The van der Waals surface area contributed by atoms with E-state index in [0.29, 0.717) is 37.8 Å². The fraction of sp³-hybridized carbons (Fsp3) is 0.515. The fourth-order valence-electron chi connectivity index (χ4n) is 6.62. The predicted molar refractivity (Wildman–Crippen MR) is 161 cm³/mol. The van der Waals surface area contributed by atoms with Crippen molar-refractivity contribution in [3.8, 4) is 0 Å². The minimum absolute atomic E-state index is 0.00608. The SMILES string of the molecule is CC(=O)[C@H](O)[C@@H](O)C(=O)OCCCC1CC(Nc2cc(F)c([C@@H]3c4[nH]c5ccccc5c4C[C@@H](C)N3CC(F)(F)CO)c(F)c2)C1. The maximum atomic E-state index is 15.9. The highest BCUT2D eigenvalue weighted by molar-refractivity contribution is 5.88. The standard InChI is InChI=1S/C33H39F4N3O6/c1-17-10-23-22-7-3-4-8-26(22)39-28(23)29(40(17)15-33(36,37)16-41)27-24(34)13-21(14-25(27)35)38-20-11-19(12-20)6-5-9-46-32(45)31(44)30(43)18(2)42/h3-4,7-8,13-14,17,19-20,29-31,38-39,41,43-44H,5-6,9-12,15-16H2,1-2H3/t17-,19?,20?,29-,30+,31-/m1/s1. The number of nitrogens with zero attached hydrogens (tertiary/aromatic N) is 1. The molecule has 0 radical (unpaired) electrons. The van der Waals surface area contributed by atoms with Crippen LogP contribution in [0.5, 0.6) is 0 Å². The maximum Gasteiger partial charge on any atom is 0.338 e. The van der Waals surface area contributed by atoms with E-state index in [9.17, 15) is 33.7 Å². The van der Waals surface area contributed by atoms with Crippen molar-refractivity contribution in [3.05, 3.63) is 64.9 Å². The van der Waals surface area contributed by atoms with Gasteiger partial charge < -0.3 is 30.4 Å². The number of aliphatic hydroxyl groups is 3. The molecule has 5 N–H and O–H groups in total. The predicted octanol–water partition coefficient (Wildman–Crippen LogP) is 4.23. The summed E-state index contributed by atoms with van der Waals surface area (Å²) in [4.78, 5) is 27.4. The average Bonchev–Trinajstić information content (AvgIpc) is 3.35. The van der Waals surface area contributed by atoms with Gasteiger partial charge in [-0.05, 0) is 75.6 Å². The number of carbonyl (C=O) groups excluding carboxylic acids is 2. The van der Waals surface area contributed by atoms with Gasteiger partial charge in [0.25, 0.3) is 5.92 Å². The Kier molecular flexibility index (Phi) is 10.1. The third-order valence-electron chi connectivity index (χ3n) is 9.08. The largest absolute Gasteiger partial charge is 0.464 e. The molecule has 9 nitrogen and oxygen atoms in total. The van der Waals surface area contributed by atoms with E-state index in [1.165, 1.54) is 17.0 Å². The first-order chi connectivity index (χ1) is 21.8. The number of anilines is 1. The molecule has 2 heterocycles. The Morgan fingerprint density at radius 2 is 1.80 bits per heavy atom. The molecule has 13 heteroatoms. The number of carbonyl (C=O) groups is 2. The van der Waals surface area contributed by atoms with Crippen molar-refractivity contribution in [1.82, 2.24) is 9.88 Å². The molecule has 1 aliphatic carbocycles. The number of aromatic nitrogens is 1. The van der Waals surface area contributed by atoms with E-state index in [2.05, 4.69) is 10.3 Å². The highest BCUT2D eigenvalue weighted by Crippen LogP contribution is 2.44. The zero-order valence-corrected chi connectivity index (χ0v) is 25.6. The van der Waals surface area contributed by atoms with Crippen LogP contribution in [0, 0.1) is 17.6 Å². The summed E-state index contributed by atoms with van der Waals surface area (Å²) in [5.41, 5.74) is 1.88. The van der Waals surface area contributed by atoms with Gasteiger partial charge in [0, 0.05) is 39.9 Å². The molecule has 0 unspecified atom stereocenters. The Bertz CT molecular complexity index is 1550. The summed E-state index contributed by atoms with van der Waals surface area (Å²) in [6.45, 7) is 0.515. The molecular formula is C33H39F4N3O6. The molecule has 5 rings (SSSR count). The first-order valence-electron chi connectivity index (χ1n) is 15.4. The first kappa shape index (κ1) is 33.8. The number of rotatable bonds is 13. The van der Waals surface area contributed by atoms with Crippen LogP contribution < -0.4 is 5.32 Å². The minimum atomic E-state index is -3.48. The molecule has 0 saturated heterocycles. The molecule has 1 saturated carbocycles. The van der Waals surface area contributed by atoms with E-state index in [1.54, 1.807) is 6.92 Å². The lowest BCUT2D eigenvalue weighted by Gasteiger charge is -2.42. The normalized spacial score (nSPS) is 23.0. The summed E-state index contributed by atoms with van der Waals surface area (Å²) in [5.74, 6) is -6.78. The second-order valence-electron chi connectivity index (χ2n) is 12.5. The van der Waals surface area contributed by atoms with Gasteiger partial charge in [-0.15, -0.1) is 0 Å². The third-order valence-corrected chi connectivity index (χ3v) is 9.08. The highest BCUT2D eigenvalue weighted by Gasteiger charge is 2.43. The van der Waals surface area contributed by atoms with Crippen molar-refractivity contribution in [2.45, 2.75) is 82.2 Å². The molecule has 3 aromatic rings. The third kappa shape index (κ3) is 7.07. The maximum absolute atomic E-state index is 15.9. The smallest absolute Gasteiger partial charge is 0.338 e. The quantitative estimate of drug-likeness (QED) is 0.106. The number of hydrogen-bond acceptors (Lipinski definition) is 8. The van der Waals surface area contributed by atoms with E-state index in [1.807, 2.05) is 24.3 Å². The van der Waals surface area contributed by atoms with Gasteiger partial charge in [-0.1, -0.05) is 18.2 Å². The number of aliphatic hydroxyl groups excluding tert-OH is 3. The van der Waals surface area contributed by atoms with E-state index < -0.39 is 66.8 Å². The summed E-state index contributed by atoms with van der Waals surface area (Å²) >= 11 is 0. The number of H-pyrrole nitrogens is 1. The fourth-order valence-corrected chi connectivity index (χ4v) is 6.62. The first-order valence-corrected chi connectivity index (χ1v) is 15.4. The van der Waals surface area contributed by atoms with E-state index in [-0.39, 0.29) is 29.8 Å². The number of halogens is 4. The molecular weight excluding hydrogens is 610 g/mol. The van der Waals surface area contributed by atoms with Crippen LogP contribution in [-0.2, 0) is 20.7 Å². The monoisotopic (exact) mass is 649 g/mol. The summed E-state index contributed by atoms with van der Waals surface area (Å²) in [6.07, 6.45) is -0.790. The molecule has 1 fully saturated rings. The van der Waals surface area contributed by atoms with Crippen molar-refractivity contribution in [1.29, 1.82) is 0 Å². The van der Waals surface area contributed by atoms with E-state index >= 15 is 8.78 Å². The van der Waals surface area contributed by atoms with Crippen LogP contribution in [0.4, 0.5) is 23.2 Å². The zero-order valence-electron chi connectivity index (χ0n) is 25.6. The van der Waals surface area contributed by atoms with Gasteiger partial charge in [-0.2, -0.15) is 0 Å². The van der Waals surface area contributed by atoms with Crippen LogP contribution in [0.3, 0.4) is 0 Å². The lowest BCUT2D eigenvalue weighted by molar-refractivity contribution is -0.163. The Morgan fingerprint density at radius 1 is 1.13 bits per heavy atom. The van der Waals surface area contributed by atoms with E-state index in [0.717, 1.165) is 23.4 Å². The van der Waals surface area contributed by atoms with Crippen molar-refractivity contribution in [2.75, 3.05) is 25.1 Å². The van der Waals surface area contributed by atoms with Gasteiger partial charge >= 0.3 is 5.97 Å². The van der Waals surface area contributed by atoms with Gasteiger partial charge in [-0.3, -0.25) is 9.69 Å². The van der Waals surface area contributed by atoms with Crippen molar-refractivity contribution in [2.24, 2.45) is 5.92 Å². The number of Topliss-reactive ketones (excluding diaryl/α,β-unsaturated/α-hetero) is 1. The van der Waals surface area contributed by atoms with Crippen molar-refractivity contribution in [3.63, 3.8) is 0 Å². The number of alkyl halides is 2. The molecule has 4 atom stereocenters. The summed E-state index contributed by atoms with van der Waals surface area (Å²) in [7, 11) is 0. The number of ketones is 1. The summed E-state index contributed by atoms with van der Waals surface area (Å²) in [6, 6.07) is 8.00. The van der Waals surface area contributed by atoms with Crippen LogP contribution in [0.1, 0.15) is 62.4 Å². The zero-order chi connectivity index (χ0) is 33.3. The summed E-state index contributed by atoms with van der Waals surface area (Å²) < 4.78 is 65.8. The van der Waals surface area contributed by atoms with Gasteiger partial charge in [0.15, 0.2) is 11.9 Å². The second-order valence-corrected chi connectivity index (χ2v) is 12.5. The van der Waals surface area contributed by atoms with Gasteiger partial charge in [0.2, 0.25) is 0 Å². The number of aromatic amines is 1. The average molecular weight is 650 g/mol. The topological polar surface area (TPSA) is 135 Å². The van der Waals surface area contributed by atoms with Crippen molar-refractivity contribution < 1.29 is 47.2 Å². The Hall–Kier alpha value is -3.52. The van der Waals surface area contributed by atoms with Gasteiger partial charge in [0.05, 0.1) is 19.2 Å². The number of nitrogens with one attached hydrogen (secondary N) is 2. The molecule has 250 valence electrons. The molecule has 0 bridgehead atoms. The lowest BCUT2D eigenvalue weighted by atomic mass is 9.77. The number of para-hydroxylation sites is 1. The molecule has 2 aliphatic rings. The second kappa shape index (κ2) is 13.7. The Labute approximate surface area is 263 Å². The van der Waals surface area contributed by atoms with Gasteiger partial charge in [0.1, 0.15) is 24.3 Å². The van der Waals surface area contributed by atoms with Crippen LogP contribution in [0.25, 0.3) is 10.9 Å². The lowest BCUT2D eigenvalue weighted by Crippen LogP contribution is -2.49. The number of fused-ring (bicyclic) bond motifs is 3. The van der Waals surface area contributed by atoms with Gasteiger partial charge in [-0.25, -0.2) is 22.4 Å². The Morgan fingerprint density at radius 3 is 2.46 bits per heavy atom. The number of ether oxygens (including phenoxy) is 1. The molecule has 0 amide bonds. The molecule has 2 aromatic carbocycles. The Balaban J connectivity index is 1.25.